The molecule has 2 aliphatic heterocycles. The van der Waals surface area contributed by atoms with E-state index in [2.05, 4.69) is 20.4 Å². The number of hydrogen-bond donors (Lipinski definition) is 2. The topological polar surface area (TPSA) is 97.5 Å². The molecule has 0 radical (unpaired) electrons. The van der Waals surface area contributed by atoms with Gasteiger partial charge >= 0.3 is 6.03 Å². The number of nitrogens with one attached hydrogen (secondary N) is 2. The van der Waals surface area contributed by atoms with Crippen LogP contribution in [-0.2, 0) is 22.6 Å². The highest BCUT2D eigenvalue weighted by Gasteiger charge is 2.24. The van der Waals surface area contributed by atoms with Crippen molar-refractivity contribution in [2.24, 2.45) is 0 Å². The van der Waals surface area contributed by atoms with Crippen molar-refractivity contribution in [3.63, 3.8) is 0 Å². The summed E-state index contributed by atoms with van der Waals surface area (Å²) in [4.78, 5) is 45.2. The van der Waals surface area contributed by atoms with Crippen LogP contribution in [0.4, 0.5) is 21.9 Å². The van der Waals surface area contributed by atoms with Crippen LogP contribution in [0.5, 0.6) is 5.75 Å². The third-order valence-corrected chi connectivity index (χ3v) is 8.76. The molecule has 2 heterocycles. The zero-order valence-corrected chi connectivity index (χ0v) is 27.0. The van der Waals surface area contributed by atoms with Gasteiger partial charge in [0.05, 0.1) is 29.3 Å². The summed E-state index contributed by atoms with van der Waals surface area (Å²) in [6.45, 7) is 7.62. The van der Waals surface area contributed by atoms with E-state index in [4.69, 9.17) is 27.9 Å². The number of anilines is 3. The molecule has 3 aromatic rings. The summed E-state index contributed by atoms with van der Waals surface area (Å²) < 4.78 is 5.17. The molecule has 2 N–H and O–H groups in total. The number of carbonyl (C=O) groups excluding carboxylic acids is 3. The van der Waals surface area contributed by atoms with Crippen LogP contribution in [0.25, 0.3) is 0 Å². The second kappa shape index (κ2) is 14.9. The minimum absolute atomic E-state index is 0.0911. The van der Waals surface area contributed by atoms with Gasteiger partial charge in [0, 0.05) is 77.2 Å². The van der Waals surface area contributed by atoms with Crippen LogP contribution in [0.3, 0.4) is 0 Å². The number of piperazine rings is 2. The average Bonchev–Trinajstić information content (AvgIpc) is 3.04. The first-order chi connectivity index (χ1) is 21.7. The quantitative estimate of drug-likeness (QED) is 0.347. The molecule has 45 heavy (non-hydrogen) atoms. The van der Waals surface area contributed by atoms with Gasteiger partial charge in [0.2, 0.25) is 11.8 Å². The van der Waals surface area contributed by atoms with Gasteiger partial charge in [0.15, 0.2) is 0 Å². The number of hydrogen-bond acceptors (Lipinski definition) is 6. The summed E-state index contributed by atoms with van der Waals surface area (Å²) in [5.41, 5.74) is 4.01. The molecule has 0 bridgehead atoms. The normalized spacial score (nSPS) is 15.5. The molecule has 238 valence electrons. The second-order valence-corrected chi connectivity index (χ2v) is 12.1. The molecule has 10 nitrogen and oxygen atoms in total. The van der Waals surface area contributed by atoms with E-state index >= 15 is 0 Å². The minimum atomic E-state index is -0.249. The van der Waals surface area contributed by atoms with Gasteiger partial charge in [-0.25, -0.2) is 4.79 Å². The zero-order chi connectivity index (χ0) is 31.9. The third kappa shape index (κ3) is 8.59. The Balaban J connectivity index is 1.08. The Morgan fingerprint density at radius 2 is 1.36 bits per heavy atom. The highest BCUT2D eigenvalue weighted by atomic mass is 35.5. The Kier molecular flexibility index (Phi) is 10.7. The summed E-state index contributed by atoms with van der Waals surface area (Å²) in [7, 11) is 1.61. The van der Waals surface area contributed by atoms with Gasteiger partial charge in [0.1, 0.15) is 5.75 Å². The average molecular weight is 654 g/mol. The lowest BCUT2D eigenvalue weighted by molar-refractivity contribution is -0.130. The number of benzene rings is 3. The third-order valence-electron chi connectivity index (χ3n) is 8.16. The van der Waals surface area contributed by atoms with Gasteiger partial charge in [-0.05, 0) is 59.7 Å². The maximum absolute atomic E-state index is 13.1. The number of ether oxygens (including phenoxy) is 1. The van der Waals surface area contributed by atoms with Gasteiger partial charge in [-0.1, -0.05) is 35.3 Å². The Morgan fingerprint density at radius 1 is 0.756 bits per heavy atom. The number of amides is 4. The van der Waals surface area contributed by atoms with Gasteiger partial charge < -0.3 is 30.1 Å². The van der Waals surface area contributed by atoms with Gasteiger partial charge in [-0.15, -0.1) is 0 Å². The summed E-state index contributed by atoms with van der Waals surface area (Å²) in [6, 6.07) is 18.6. The molecular formula is C33H38Cl2N6O4. The predicted octanol–water partition coefficient (Wildman–Crippen LogP) is 5.20. The number of nitrogens with zero attached hydrogens (tertiary/aromatic N) is 4. The van der Waals surface area contributed by atoms with E-state index in [0.717, 1.165) is 41.3 Å². The number of urea groups is 1. The standard InChI is InChI=1S/C33H38Cl2N6O4/c1-23(42)39-13-11-38(12-14-39)22-25-19-29(34)32(30(35)20-25)37-33(44)41-17-15-40(16-18-41)27-7-5-26(6-8-27)36-31(43)21-24-3-9-28(45-2)10-4-24/h3-10,19-20H,11-18,21-22H2,1-2H3,(H,36,43)(H,37,44). The van der Waals surface area contributed by atoms with Gasteiger partial charge in [-0.3, -0.25) is 14.5 Å². The molecule has 0 spiro atoms. The van der Waals surface area contributed by atoms with Crippen molar-refractivity contribution < 1.29 is 19.1 Å². The van der Waals surface area contributed by atoms with Crippen LogP contribution in [0.15, 0.2) is 60.7 Å². The van der Waals surface area contributed by atoms with Crippen molar-refractivity contribution in [1.29, 1.82) is 0 Å². The lowest BCUT2D eigenvalue weighted by Gasteiger charge is -2.36. The minimum Gasteiger partial charge on any atom is -0.497 e. The fourth-order valence-electron chi connectivity index (χ4n) is 5.56. The predicted molar refractivity (Wildman–Crippen MR) is 179 cm³/mol. The van der Waals surface area contributed by atoms with Crippen LogP contribution in [0.2, 0.25) is 10.0 Å². The lowest BCUT2D eigenvalue weighted by atomic mass is 10.1. The first-order valence-corrected chi connectivity index (χ1v) is 15.7. The summed E-state index contributed by atoms with van der Waals surface area (Å²) in [6.07, 6.45) is 0.275. The van der Waals surface area contributed by atoms with E-state index < -0.39 is 0 Å². The highest BCUT2D eigenvalue weighted by molar-refractivity contribution is 6.39. The summed E-state index contributed by atoms with van der Waals surface area (Å²) >= 11 is 13.1. The first-order valence-electron chi connectivity index (χ1n) is 15.0. The molecule has 12 heteroatoms. The molecule has 0 aliphatic carbocycles. The summed E-state index contributed by atoms with van der Waals surface area (Å²) in [5, 5.41) is 6.63. The largest absolute Gasteiger partial charge is 0.497 e. The fourth-order valence-corrected chi connectivity index (χ4v) is 6.19. The van der Waals surface area contributed by atoms with E-state index in [1.54, 1.807) is 18.9 Å². The van der Waals surface area contributed by atoms with Crippen LogP contribution in [0.1, 0.15) is 18.1 Å². The van der Waals surface area contributed by atoms with Crippen LogP contribution in [0, 0.1) is 0 Å². The van der Waals surface area contributed by atoms with E-state index in [1.165, 1.54) is 0 Å². The van der Waals surface area contributed by atoms with E-state index in [0.29, 0.717) is 61.5 Å². The molecular weight excluding hydrogens is 615 g/mol. The van der Waals surface area contributed by atoms with Crippen molar-refractivity contribution in [1.82, 2.24) is 14.7 Å². The van der Waals surface area contributed by atoms with Crippen molar-refractivity contribution in [3.8, 4) is 5.75 Å². The Bertz CT molecular complexity index is 1480. The van der Waals surface area contributed by atoms with Crippen molar-refractivity contribution in [2.45, 2.75) is 19.9 Å². The van der Waals surface area contributed by atoms with E-state index in [1.807, 2.05) is 65.6 Å². The molecule has 5 rings (SSSR count). The van der Waals surface area contributed by atoms with Gasteiger partial charge in [-0.2, -0.15) is 0 Å². The van der Waals surface area contributed by atoms with Crippen molar-refractivity contribution >= 4 is 58.1 Å². The van der Waals surface area contributed by atoms with Crippen LogP contribution < -0.4 is 20.3 Å². The molecule has 2 saturated heterocycles. The molecule has 0 saturated carbocycles. The van der Waals surface area contributed by atoms with Crippen molar-refractivity contribution in [2.75, 3.05) is 75.0 Å². The van der Waals surface area contributed by atoms with E-state index in [9.17, 15) is 14.4 Å². The number of halogens is 2. The molecule has 0 aromatic heterocycles. The smallest absolute Gasteiger partial charge is 0.322 e. The van der Waals surface area contributed by atoms with Crippen LogP contribution >= 0.6 is 23.2 Å². The monoisotopic (exact) mass is 652 g/mol. The Morgan fingerprint density at radius 3 is 1.93 bits per heavy atom. The number of carbonyl (C=O) groups is 3. The van der Waals surface area contributed by atoms with Crippen molar-refractivity contribution in [3.05, 3.63) is 81.8 Å². The molecule has 0 unspecified atom stereocenters. The SMILES string of the molecule is COc1ccc(CC(=O)Nc2ccc(N3CCN(C(=O)Nc4c(Cl)cc(CN5CCN(C(C)=O)CC5)cc4Cl)CC3)cc2)cc1. The Labute approximate surface area is 273 Å². The van der Waals surface area contributed by atoms with E-state index in [-0.39, 0.29) is 24.3 Å². The number of rotatable bonds is 8. The fraction of sp³-hybridized carbons (Fsp3) is 0.364. The van der Waals surface area contributed by atoms with Gasteiger partial charge in [0.25, 0.3) is 0 Å². The highest BCUT2D eigenvalue weighted by Crippen LogP contribution is 2.33. The maximum Gasteiger partial charge on any atom is 0.322 e. The summed E-state index contributed by atoms with van der Waals surface area (Å²) in [5.74, 6) is 0.761. The molecule has 2 fully saturated rings. The lowest BCUT2D eigenvalue weighted by Crippen LogP contribution is -2.50. The number of methoxy groups -OCH3 is 1. The Hall–Kier alpha value is -3.99. The molecule has 0 atom stereocenters. The van der Waals surface area contributed by atoms with Crippen LogP contribution in [-0.4, -0.2) is 92.0 Å². The second-order valence-electron chi connectivity index (χ2n) is 11.2. The molecule has 3 aromatic carbocycles. The first kappa shape index (κ1) is 32.4. The zero-order valence-electron chi connectivity index (χ0n) is 25.5. The molecule has 2 aliphatic rings. The molecule has 4 amide bonds. The maximum atomic E-state index is 13.1.